The molecule has 0 unspecified atom stereocenters. The molecule has 0 aliphatic rings. The first-order valence-electron chi connectivity index (χ1n) is 6.72. The number of nitrogens with zero attached hydrogens (tertiary/aromatic N) is 2. The number of thiazole rings is 1. The standard InChI is InChI=1S/C14H16F2N4OS/c1-2-3-4-21-13-10(15)5-9(6-11(13)16)7-18-20-14-19-12(17)8-22-14/h5-8H,2-4,17H2,1H3,(H,19,20). The van der Waals surface area contributed by atoms with E-state index in [0.717, 1.165) is 25.0 Å². The summed E-state index contributed by atoms with van der Waals surface area (Å²) in [6, 6.07) is 2.32. The molecule has 1 heterocycles. The second-order valence-corrected chi connectivity index (χ2v) is 5.32. The van der Waals surface area contributed by atoms with Gasteiger partial charge in [0.1, 0.15) is 5.82 Å². The number of nitrogen functional groups attached to an aromatic ring is 1. The van der Waals surface area contributed by atoms with Crippen LogP contribution < -0.4 is 15.9 Å². The number of rotatable bonds is 7. The van der Waals surface area contributed by atoms with Crippen molar-refractivity contribution < 1.29 is 13.5 Å². The minimum atomic E-state index is -0.754. The maximum Gasteiger partial charge on any atom is 0.205 e. The predicted octanol–water partition coefficient (Wildman–Crippen LogP) is 3.63. The van der Waals surface area contributed by atoms with Crippen LogP contribution >= 0.6 is 11.3 Å². The van der Waals surface area contributed by atoms with Crippen LogP contribution in [-0.2, 0) is 0 Å². The molecule has 0 saturated carbocycles. The Morgan fingerprint density at radius 3 is 2.73 bits per heavy atom. The molecular weight excluding hydrogens is 310 g/mol. The van der Waals surface area contributed by atoms with Crippen molar-refractivity contribution in [3.8, 4) is 5.75 Å². The van der Waals surface area contributed by atoms with Gasteiger partial charge in [-0.15, -0.1) is 11.3 Å². The lowest BCUT2D eigenvalue weighted by molar-refractivity contribution is 0.278. The van der Waals surface area contributed by atoms with Gasteiger partial charge in [-0.05, 0) is 18.6 Å². The molecule has 8 heteroatoms. The van der Waals surface area contributed by atoms with E-state index in [-0.39, 0.29) is 17.9 Å². The molecule has 22 heavy (non-hydrogen) atoms. The highest BCUT2D eigenvalue weighted by molar-refractivity contribution is 7.14. The fourth-order valence-corrected chi connectivity index (χ4v) is 2.16. The van der Waals surface area contributed by atoms with Crippen LogP contribution in [0, 0.1) is 11.6 Å². The van der Waals surface area contributed by atoms with E-state index in [9.17, 15) is 8.78 Å². The van der Waals surface area contributed by atoms with Gasteiger partial charge in [0.05, 0.1) is 12.8 Å². The molecule has 5 nitrogen and oxygen atoms in total. The molecule has 0 radical (unpaired) electrons. The van der Waals surface area contributed by atoms with Crippen LogP contribution in [0.2, 0.25) is 0 Å². The highest BCUT2D eigenvalue weighted by Crippen LogP contribution is 2.23. The maximum absolute atomic E-state index is 13.8. The van der Waals surface area contributed by atoms with E-state index in [0.29, 0.717) is 10.9 Å². The van der Waals surface area contributed by atoms with Gasteiger partial charge in [0, 0.05) is 10.9 Å². The average Bonchev–Trinajstić information content (AvgIpc) is 2.87. The van der Waals surface area contributed by atoms with Gasteiger partial charge in [0.2, 0.25) is 5.13 Å². The van der Waals surface area contributed by atoms with Gasteiger partial charge < -0.3 is 10.5 Å². The van der Waals surface area contributed by atoms with Crippen LogP contribution in [0.1, 0.15) is 25.3 Å². The first-order chi connectivity index (χ1) is 10.6. The average molecular weight is 326 g/mol. The topological polar surface area (TPSA) is 72.5 Å². The molecule has 3 N–H and O–H groups in total. The van der Waals surface area contributed by atoms with Gasteiger partial charge in [-0.25, -0.2) is 13.8 Å². The third-order valence-electron chi connectivity index (χ3n) is 2.66. The Kier molecular flexibility index (Phi) is 5.65. The summed E-state index contributed by atoms with van der Waals surface area (Å²) >= 11 is 1.28. The Morgan fingerprint density at radius 2 is 2.14 bits per heavy atom. The summed E-state index contributed by atoms with van der Waals surface area (Å²) < 4.78 is 32.7. The van der Waals surface area contributed by atoms with Gasteiger partial charge in [-0.3, -0.25) is 5.43 Å². The second-order valence-electron chi connectivity index (χ2n) is 4.46. The number of ether oxygens (including phenoxy) is 1. The molecule has 118 valence electrons. The zero-order chi connectivity index (χ0) is 15.9. The van der Waals surface area contributed by atoms with Crippen molar-refractivity contribution in [2.75, 3.05) is 17.8 Å². The van der Waals surface area contributed by atoms with Crippen LogP contribution in [0.25, 0.3) is 0 Å². The lowest BCUT2D eigenvalue weighted by Gasteiger charge is -2.08. The van der Waals surface area contributed by atoms with Gasteiger partial charge in [-0.1, -0.05) is 13.3 Å². The Hall–Kier alpha value is -2.22. The molecule has 2 rings (SSSR count). The van der Waals surface area contributed by atoms with Crippen LogP contribution in [0.4, 0.5) is 19.7 Å². The van der Waals surface area contributed by atoms with E-state index in [1.54, 1.807) is 5.38 Å². The summed E-state index contributed by atoms with van der Waals surface area (Å²) in [6.07, 6.45) is 2.92. The van der Waals surface area contributed by atoms with Crippen LogP contribution in [0.5, 0.6) is 5.75 Å². The lowest BCUT2D eigenvalue weighted by Crippen LogP contribution is -2.02. The molecule has 1 aromatic carbocycles. The van der Waals surface area contributed by atoms with E-state index in [4.69, 9.17) is 10.5 Å². The Balaban J connectivity index is 2.02. The highest BCUT2D eigenvalue weighted by atomic mass is 32.1. The summed E-state index contributed by atoms with van der Waals surface area (Å²) in [5.41, 5.74) is 8.37. The number of nitrogens with one attached hydrogen (secondary N) is 1. The van der Waals surface area contributed by atoms with E-state index in [2.05, 4.69) is 15.5 Å². The van der Waals surface area contributed by atoms with Crippen LogP contribution in [0.15, 0.2) is 22.6 Å². The zero-order valence-corrected chi connectivity index (χ0v) is 12.8. The lowest BCUT2D eigenvalue weighted by atomic mass is 10.2. The van der Waals surface area contributed by atoms with Crippen molar-refractivity contribution in [2.24, 2.45) is 5.10 Å². The van der Waals surface area contributed by atoms with Gasteiger partial charge in [0.25, 0.3) is 0 Å². The van der Waals surface area contributed by atoms with E-state index in [1.165, 1.54) is 17.6 Å². The molecular formula is C14H16F2N4OS. The highest BCUT2D eigenvalue weighted by Gasteiger charge is 2.11. The van der Waals surface area contributed by atoms with Gasteiger partial charge in [-0.2, -0.15) is 5.10 Å². The van der Waals surface area contributed by atoms with E-state index >= 15 is 0 Å². The Morgan fingerprint density at radius 1 is 1.41 bits per heavy atom. The first kappa shape index (κ1) is 16.2. The maximum atomic E-state index is 13.8. The van der Waals surface area contributed by atoms with Gasteiger partial charge >= 0.3 is 0 Å². The van der Waals surface area contributed by atoms with Crippen LogP contribution in [0.3, 0.4) is 0 Å². The molecule has 0 aliphatic heterocycles. The molecule has 2 aromatic rings. The number of anilines is 2. The summed E-state index contributed by atoms with van der Waals surface area (Å²) in [5, 5.41) is 6.00. The first-order valence-corrected chi connectivity index (χ1v) is 7.60. The Bertz CT molecular complexity index is 637. The molecule has 0 aliphatic carbocycles. The molecule has 1 aromatic heterocycles. The van der Waals surface area contributed by atoms with Crippen molar-refractivity contribution in [3.63, 3.8) is 0 Å². The van der Waals surface area contributed by atoms with Crippen molar-refractivity contribution >= 4 is 28.5 Å². The molecule has 0 bridgehead atoms. The number of hydrogen-bond donors (Lipinski definition) is 2. The minimum absolute atomic E-state index is 0.273. The third-order valence-corrected chi connectivity index (χ3v) is 3.43. The summed E-state index contributed by atoms with van der Waals surface area (Å²) in [5.74, 6) is -1.48. The van der Waals surface area contributed by atoms with Crippen LogP contribution in [-0.4, -0.2) is 17.8 Å². The fourth-order valence-electron chi connectivity index (χ4n) is 1.61. The summed E-state index contributed by atoms with van der Waals surface area (Å²) in [4.78, 5) is 3.94. The minimum Gasteiger partial charge on any atom is -0.488 e. The van der Waals surface area contributed by atoms with Crippen molar-refractivity contribution in [1.29, 1.82) is 0 Å². The number of hydrogen-bond acceptors (Lipinski definition) is 6. The number of halogens is 2. The molecule has 0 saturated heterocycles. The molecule has 0 fully saturated rings. The molecule has 0 amide bonds. The number of benzene rings is 1. The zero-order valence-electron chi connectivity index (χ0n) is 12.0. The van der Waals surface area contributed by atoms with E-state index in [1.807, 2.05) is 6.92 Å². The third kappa shape index (κ3) is 4.39. The number of nitrogens with two attached hydrogens (primary N) is 1. The molecule has 0 atom stereocenters. The number of aromatic nitrogens is 1. The second kappa shape index (κ2) is 7.69. The summed E-state index contributed by atoms with van der Waals surface area (Å²) in [6.45, 7) is 2.25. The van der Waals surface area contributed by atoms with Crippen molar-refractivity contribution in [2.45, 2.75) is 19.8 Å². The van der Waals surface area contributed by atoms with Gasteiger partial charge in [0.15, 0.2) is 17.4 Å². The quantitative estimate of drug-likeness (QED) is 0.463. The largest absolute Gasteiger partial charge is 0.488 e. The predicted molar refractivity (Wildman–Crippen MR) is 84.5 cm³/mol. The fraction of sp³-hybridized carbons (Fsp3) is 0.286. The normalized spacial score (nSPS) is 11.0. The SMILES string of the molecule is CCCCOc1c(F)cc(C=NNc2nc(N)cs2)cc1F. The van der Waals surface area contributed by atoms with Crippen molar-refractivity contribution in [3.05, 3.63) is 34.7 Å². The smallest absolute Gasteiger partial charge is 0.205 e. The van der Waals surface area contributed by atoms with Crippen molar-refractivity contribution in [1.82, 2.24) is 4.98 Å². The molecule has 0 spiro atoms. The number of unbranched alkanes of at least 4 members (excludes halogenated alkanes) is 1. The monoisotopic (exact) mass is 326 g/mol. The Labute approximate surface area is 130 Å². The number of hydrazone groups is 1. The summed E-state index contributed by atoms with van der Waals surface area (Å²) in [7, 11) is 0. The van der Waals surface area contributed by atoms with E-state index < -0.39 is 11.6 Å².